The van der Waals surface area contributed by atoms with E-state index in [1.54, 1.807) is 0 Å². The summed E-state index contributed by atoms with van der Waals surface area (Å²) in [6, 6.07) is 17.4. The smallest absolute Gasteiger partial charge is 0.161 e. The molecule has 2 aromatic carbocycles. The number of benzene rings is 2. The minimum atomic E-state index is 0.647. The lowest BCUT2D eigenvalue weighted by Crippen LogP contribution is -2.03. The van der Waals surface area contributed by atoms with Crippen molar-refractivity contribution in [2.75, 3.05) is 11.2 Å². The molecule has 0 spiro atoms. The van der Waals surface area contributed by atoms with Gasteiger partial charge < -0.3 is 5.73 Å². The molecule has 1 heterocycles. The fourth-order valence-electron chi connectivity index (χ4n) is 2.32. The highest BCUT2D eigenvalue weighted by atomic mass is 79.9. The fraction of sp³-hybridized carbons (Fsp3) is 0.105. The molecule has 0 aliphatic heterocycles. The number of halogens is 1. The van der Waals surface area contributed by atoms with Crippen molar-refractivity contribution in [2.45, 2.75) is 13.8 Å². The lowest BCUT2D eigenvalue weighted by Gasteiger charge is -2.07. The first-order valence-electron chi connectivity index (χ1n) is 7.79. The summed E-state index contributed by atoms with van der Waals surface area (Å²) in [5, 5.41) is 4.41. The Hall–Kier alpha value is -2.73. The summed E-state index contributed by atoms with van der Waals surface area (Å²) in [7, 11) is 0. The van der Waals surface area contributed by atoms with Crippen LogP contribution in [0.1, 0.15) is 18.2 Å². The van der Waals surface area contributed by atoms with E-state index in [9.17, 15) is 0 Å². The Morgan fingerprint density at radius 1 is 1.08 bits per heavy atom. The quantitative estimate of drug-likeness (QED) is 0.383. The van der Waals surface area contributed by atoms with Gasteiger partial charge in [0.2, 0.25) is 0 Å². The van der Waals surface area contributed by atoms with E-state index in [0.29, 0.717) is 17.3 Å². The molecule has 3 aromatic rings. The van der Waals surface area contributed by atoms with Crippen molar-refractivity contribution in [1.82, 2.24) is 9.97 Å². The number of aryl methyl sites for hydroxylation is 1. The topological polar surface area (TPSA) is 76.2 Å². The molecule has 0 unspecified atom stereocenters. The first kappa shape index (κ1) is 17.1. The van der Waals surface area contributed by atoms with E-state index in [1.807, 2.05) is 68.4 Å². The number of anilines is 2. The second kappa shape index (κ2) is 7.44. The molecular weight excluding hydrogens is 378 g/mol. The van der Waals surface area contributed by atoms with E-state index in [0.717, 1.165) is 27.0 Å². The van der Waals surface area contributed by atoms with Crippen LogP contribution >= 0.6 is 15.9 Å². The van der Waals surface area contributed by atoms with Crippen molar-refractivity contribution in [1.29, 1.82) is 0 Å². The predicted molar refractivity (Wildman–Crippen MR) is 107 cm³/mol. The van der Waals surface area contributed by atoms with Gasteiger partial charge in [0, 0.05) is 27.5 Å². The van der Waals surface area contributed by atoms with Crippen LogP contribution in [0.15, 0.2) is 64.2 Å². The minimum absolute atomic E-state index is 0.647. The molecule has 0 radical (unpaired) electrons. The maximum atomic E-state index is 5.82. The molecule has 3 N–H and O–H groups in total. The van der Waals surface area contributed by atoms with Gasteiger partial charge >= 0.3 is 0 Å². The average Bonchev–Trinajstić information content (AvgIpc) is 2.60. The third-order valence-electron chi connectivity index (χ3n) is 3.60. The number of rotatable bonds is 4. The molecule has 0 bridgehead atoms. The molecule has 5 nitrogen and oxygen atoms in total. The van der Waals surface area contributed by atoms with E-state index in [4.69, 9.17) is 5.73 Å². The Labute approximate surface area is 155 Å². The number of nitrogens with two attached hydrogens (primary N) is 1. The number of nitrogen functional groups attached to an aromatic ring is 1. The summed E-state index contributed by atoms with van der Waals surface area (Å²) >= 11 is 3.44. The Bertz CT molecular complexity index is 919. The first-order chi connectivity index (χ1) is 12.0. The Kier molecular flexibility index (Phi) is 5.09. The highest BCUT2D eigenvalue weighted by molar-refractivity contribution is 9.10. The van der Waals surface area contributed by atoms with E-state index >= 15 is 0 Å². The number of nitrogens with one attached hydrogen (secondary N) is 1. The maximum Gasteiger partial charge on any atom is 0.161 e. The highest BCUT2D eigenvalue weighted by Crippen LogP contribution is 2.20. The molecule has 1 aromatic heterocycles. The van der Waals surface area contributed by atoms with Crippen molar-refractivity contribution in [2.24, 2.45) is 5.10 Å². The maximum absolute atomic E-state index is 5.82. The van der Waals surface area contributed by atoms with Crippen LogP contribution in [0, 0.1) is 6.92 Å². The number of aromatic nitrogens is 2. The second-order valence-electron chi connectivity index (χ2n) is 5.66. The lowest BCUT2D eigenvalue weighted by atomic mass is 10.1. The van der Waals surface area contributed by atoms with Crippen LogP contribution in [-0.2, 0) is 0 Å². The second-order valence-corrected chi connectivity index (χ2v) is 6.58. The predicted octanol–water partition coefficient (Wildman–Crippen LogP) is 4.63. The van der Waals surface area contributed by atoms with Crippen LogP contribution in [-0.4, -0.2) is 15.7 Å². The van der Waals surface area contributed by atoms with Gasteiger partial charge in [0.1, 0.15) is 0 Å². The summed E-state index contributed by atoms with van der Waals surface area (Å²) < 4.78 is 1.02. The van der Waals surface area contributed by atoms with Crippen LogP contribution in [0.5, 0.6) is 0 Å². The normalized spacial score (nSPS) is 11.4. The minimum Gasteiger partial charge on any atom is -0.399 e. The van der Waals surface area contributed by atoms with E-state index in [2.05, 4.69) is 36.4 Å². The number of hydrogen-bond donors (Lipinski definition) is 2. The van der Waals surface area contributed by atoms with Crippen molar-refractivity contribution in [3.63, 3.8) is 0 Å². The first-order valence-corrected chi connectivity index (χ1v) is 8.58. The molecule has 0 amide bonds. The molecule has 0 saturated carbocycles. The zero-order valence-corrected chi connectivity index (χ0v) is 15.6. The van der Waals surface area contributed by atoms with Gasteiger partial charge in [0.25, 0.3) is 0 Å². The Balaban J connectivity index is 1.85. The van der Waals surface area contributed by atoms with E-state index in [1.165, 1.54) is 0 Å². The van der Waals surface area contributed by atoms with Crippen molar-refractivity contribution < 1.29 is 0 Å². The van der Waals surface area contributed by atoms with Gasteiger partial charge in [-0.05, 0) is 43.7 Å². The molecule has 25 heavy (non-hydrogen) atoms. The van der Waals surface area contributed by atoms with Crippen molar-refractivity contribution in [3.8, 4) is 11.4 Å². The monoisotopic (exact) mass is 395 g/mol. The summed E-state index contributed by atoms with van der Waals surface area (Å²) in [4.78, 5) is 9.05. The summed E-state index contributed by atoms with van der Waals surface area (Å²) in [5.74, 6) is 1.31. The van der Waals surface area contributed by atoms with Crippen LogP contribution < -0.4 is 11.2 Å². The van der Waals surface area contributed by atoms with Crippen molar-refractivity contribution >= 4 is 33.1 Å². The third kappa shape index (κ3) is 4.42. The van der Waals surface area contributed by atoms with Crippen LogP contribution in [0.4, 0.5) is 11.5 Å². The largest absolute Gasteiger partial charge is 0.399 e. The molecule has 126 valence electrons. The zero-order valence-electron chi connectivity index (χ0n) is 14.0. The number of hydrazone groups is 1. The van der Waals surface area contributed by atoms with Gasteiger partial charge in [0.05, 0.1) is 5.71 Å². The summed E-state index contributed by atoms with van der Waals surface area (Å²) in [6.45, 7) is 3.86. The average molecular weight is 396 g/mol. The molecule has 0 saturated heterocycles. The van der Waals surface area contributed by atoms with Crippen LogP contribution in [0.25, 0.3) is 11.4 Å². The lowest BCUT2D eigenvalue weighted by molar-refractivity contribution is 1.09. The SMILES string of the molecule is C/C(=N/Nc1cc(C)nc(-c2ccc(Br)cc2)n1)c1cccc(N)c1. The van der Waals surface area contributed by atoms with Crippen molar-refractivity contribution in [3.05, 3.63) is 70.3 Å². The van der Waals surface area contributed by atoms with Gasteiger partial charge in [-0.2, -0.15) is 5.10 Å². The number of hydrogen-bond acceptors (Lipinski definition) is 5. The van der Waals surface area contributed by atoms with E-state index in [-0.39, 0.29) is 0 Å². The molecule has 3 rings (SSSR count). The molecular formula is C19H18BrN5. The fourth-order valence-corrected chi connectivity index (χ4v) is 2.59. The van der Waals surface area contributed by atoms with Gasteiger partial charge in [-0.25, -0.2) is 9.97 Å². The molecule has 0 aliphatic carbocycles. The Morgan fingerprint density at radius 2 is 1.84 bits per heavy atom. The molecule has 0 atom stereocenters. The summed E-state index contributed by atoms with van der Waals surface area (Å²) in [5.41, 5.74) is 13.2. The van der Waals surface area contributed by atoms with Gasteiger partial charge in [0.15, 0.2) is 11.6 Å². The van der Waals surface area contributed by atoms with E-state index < -0.39 is 0 Å². The van der Waals surface area contributed by atoms with Crippen LogP contribution in [0.3, 0.4) is 0 Å². The standard InChI is InChI=1S/C19H18BrN5/c1-12-10-18(23-19(22-12)14-6-8-16(20)9-7-14)25-24-13(2)15-4-3-5-17(21)11-15/h3-11H,21H2,1-2H3,(H,22,23,25)/b24-13-. The summed E-state index contributed by atoms with van der Waals surface area (Å²) in [6.07, 6.45) is 0. The molecule has 6 heteroatoms. The molecule has 0 fully saturated rings. The zero-order chi connectivity index (χ0) is 17.8. The van der Waals surface area contributed by atoms with Gasteiger partial charge in [-0.15, -0.1) is 0 Å². The van der Waals surface area contributed by atoms with Gasteiger partial charge in [-0.3, -0.25) is 5.43 Å². The Morgan fingerprint density at radius 3 is 2.56 bits per heavy atom. The van der Waals surface area contributed by atoms with Gasteiger partial charge in [-0.1, -0.05) is 40.2 Å². The number of nitrogens with zero attached hydrogens (tertiary/aromatic N) is 3. The molecule has 0 aliphatic rings. The third-order valence-corrected chi connectivity index (χ3v) is 4.13. The highest BCUT2D eigenvalue weighted by Gasteiger charge is 2.05. The van der Waals surface area contributed by atoms with Crippen LogP contribution in [0.2, 0.25) is 0 Å².